The summed E-state index contributed by atoms with van der Waals surface area (Å²) in [4.78, 5) is 18.5. The molecule has 2 aromatic rings. The van der Waals surface area contributed by atoms with E-state index in [0.29, 0.717) is 13.0 Å². The molecule has 0 aliphatic carbocycles. The lowest BCUT2D eigenvalue weighted by Gasteiger charge is -2.19. The molecule has 2 aromatic carbocycles. The number of anilines is 1. The second kappa shape index (κ2) is 9.96. The van der Waals surface area contributed by atoms with Gasteiger partial charge in [-0.2, -0.15) is 0 Å². The zero-order valence-corrected chi connectivity index (χ0v) is 18.9. The van der Waals surface area contributed by atoms with Crippen molar-refractivity contribution in [1.29, 1.82) is 0 Å². The van der Waals surface area contributed by atoms with Crippen LogP contribution in [-0.4, -0.2) is 44.7 Å². The van der Waals surface area contributed by atoms with Gasteiger partial charge in [0.2, 0.25) is 5.91 Å². The highest BCUT2D eigenvalue weighted by atomic mass is 127. The third kappa shape index (κ3) is 5.20. The maximum absolute atomic E-state index is 12.4. The molecule has 0 bridgehead atoms. The molecular weight excluding hydrogens is 479 g/mol. The Balaban J connectivity index is 0.00000240. The number of fused-ring (bicyclic) bond motifs is 1. The predicted octanol–water partition coefficient (Wildman–Crippen LogP) is 2.75. The first-order valence-corrected chi connectivity index (χ1v) is 9.80. The number of guanidine groups is 1. The summed E-state index contributed by atoms with van der Waals surface area (Å²) in [7, 11) is 1.76. The van der Waals surface area contributed by atoms with E-state index >= 15 is 0 Å². The molecule has 154 valence electrons. The minimum absolute atomic E-state index is 0. The van der Waals surface area contributed by atoms with Gasteiger partial charge in [-0.25, -0.2) is 0 Å². The summed E-state index contributed by atoms with van der Waals surface area (Å²) in [6.45, 7) is 2.21. The minimum Gasteiger partial charge on any atom is -0.493 e. The molecule has 1 unspecified atom stereocenters. The highest BCUT2D eigenvalue weighted by molar-refractivity contribution is 14.0. The fraction of sp³-hybridized carbons (Fsp3) is 0.364. The van der Waals surface area contributed by atoms with E-state index in [2.05, 4.69) is 33.8 Å². The number of nitrogens with zero attached hydrogens (tertiary/aromatic N) is 2. The normalized spacial score (nSPS) is 18.1. The maximum atomic E-state index is 12.4. The van der Waals surface area contributed by atoms with Crippen molar-refractivity contribution in [2.24, 2.45) is 4.99 Å². The Morgan fingerprint density at radius 1 is 1.24 bits per heavy atom. The standard InChI is InChI=1S/C22H26N4O2.HI/c1-23-22(24-11-9-16-7-8-20-17(13-16)10-12-28-20)25-18-14-21(27)26(15-18)19-5-3-2-4-6-19;/h2-8,13,18H,9-12,14-15H2,1H3,(H2,23,24,25);1H. The molecule has 0 aromatic heterocycles. The van der Waals surface area contributed by atoms with Crippen molar-refractivity contribution >= 4 is 41.5 Å². The number of benzene rings is 2. The average Bonchev–Trinajstić information content (AvgIpc) is 3.33. The van der Waals surface area contributed by atoms with E-state index in [9.17, 15) is 4.79 Å². The summed E-state index contributed by atoms with van der Waals surface area (Å²) in [5.41, 5.74) is 3.53. The van der Waals surface area contributed by atoms with Crippen LogP contribution in [0, 0.1) is 0 Å². The molecule has 2 aliphatic heterocycles. The van der Waals surface area contributed by atoms with E-state index in [1.54, 1.807) is 7.05 Å². The van der Waals surface area contributed by atoms with Gasteiger partial charge in [-0.15, -0.1) is 24.0 Å². The molecular formula is C22H27IN4O2. The van der Waals surface area contributed by atoms with Gasteiger partial charge >= 0.3 is 0 Å². The summed E-state index contributed by atoms with van der Waals surface area (Å²) in [6.07, 6.45) is 2.38. The predicted molar refractivity (Wildman–Crippen MR) is 126 cm³/mol. The van der Waals surface area contributed by atoms with E-state index in [1.807, 2.05) is 35.2 Å². The third-order valence-electron chi connectivity index (χ3n) is 5.22. The zero-order valence-electron chi connectivity index (χ0n) is 16.6. The van der Waals surface area contributed by atoms with Crippen molar-refractivity contribution in [3.63, 3.8) is 0 Å². The first-order chi connectivity index (χ1) is 13.7. The summed E-state index contributed by atoms with van der Waals surface area (Å²) < 4.78 is 5.56. The van der Waals surface area contributed by atoms with Crippen molar-refractivity contribution in [1.82, 2.24) is 10.6 Å². The molecule has 0 radical (unpaired) electrons. The number of hydrogen-bond acceptors (Lipinski definition) is 3. The molecule has 0 spiro atoms. The topological polar surface area (TPSA) is 66.0 Å². The maximum Gasteiger partial charge on any atom is 0.229 e. The van der Waals surface area contributed by atoms with Crippen LogP contribution in [0.1, 0.15) is 17.5 Å². The van der Waals surface area contributed by atoms with Gasteiger partial charge in [0.15, 0.2) is 5.96 Å². The van der Waals surface area contributed by atoms with Gasteiger partial charge in [0, 0.05) is 38.7 Å². The number of hydrogen-bond donors (Lipinski definition) is 2. The lowest BCUT2D eigenvalue weighted by Crippen LogP contribution is -2.45. The van der Waals surface area contributed by atoms with Crippen LogP contribution in [0.3, 0.4) is 0 Å². The van der Waals surface area contributed by atoms with Gasteiger partial charge in [-0.3, -0.25) is 9.79 Å². The monoisotopic (exact) mass is 506 g/mol. The van der Waals surface area contributed by atoms with E-state index in [-0.39, 0.29) is 35.9 Å². The number of rotatable bonds is 5. The fourth-order valence-electron chi connectivity index (χ4n) is 3.77. The fourth-order valence-corrected chi connectivity index (χ4v) is 3.77. The van der Waals surface area contributed by atoms with Gasteiger partial charge in [-0.1, -0.05) is 30.3 Å². The second-order valence-electron chi connectivity index (χ2n) is 7.17. The van der Waals surface area contributed by atoms with Crippen LogP contribution in [0.2, 0.25) is 0 Å². The summed E-state index contributed by atoms with van der Waals surface area (Å²) >= 11 is 0. The van der Waals surface area contributed by atoms with Gasteiger partial charge in [0.25, 0.3) is 0 Å². The Morgan fingerprint density at radius 3 is 2.86 bits per heavy atom. The molecule has 1 amide bonds. The van der Waals surface area contributed by atoms with Gasteiger partial charge in [0.1, 0.15) is 5.75 Å². The van der Waals surface area contributed by atoms with E-state index in [4.69, 9.17) is 4.74 Å². The number of ether oxygens (including phenoxy) is 1. The first kappa shape index (κ1) is 21.4. The van der Waals surface area contributed by atoms with Crippen molar-refractivity contribution in [3.05, 3.63) is 59.7 Å². The van der Waals surface area contributed by atoms with E-state index in [0.717, 1.165) is 43.4 Å². The molecule has 1 fully saturated rings. The van der Waals surface area contributed by atoms with Crippen molar-refractivity contribution in [2.75, 3.05) is 31.6 Å². The quantitative estimate of drug-likeness (QED) is 0.372. The highest BCUT2D eigenvalue weighted by Crippen LogP contribution is 2.26. The molecule has 29 heavy (non-hydrogen) atoms. The number of nitrogens with one attached hydrogen (secondary N) is 2. The Labute approximate surface area is 188 Å². The minimum atomic E-state index is 0. The van der Waals surface area contributed by atoms with Crippen molar-refractivity contribution in [2.45, 2.75) is 25.3 Å². The van der Waals surface area contributed by atoms with Crippen LogP contribution in [0.4, 0.5) is 5.69 Å². The number of carbonyl (C=O) groups excluding carboxylic acids is 1. The molecule has 2 N–H and O–H groups in total. The number of carbonyl (C=O) groups is 1. The zero-order chi connectivity index (χ0) is 19.3. The van der Waals surface area contributed by atoms with Crippen molar-refractivity contribution < 1.29 is 9.53 Å². The Kier molecular flexibility index (Phi) is 7.35. The lowest BCUT2D eigenvalue weighted by atomic mass is 10.1. The number of amides is 1. The smallest absolute Gasteiger partial charge is 0.229 e. The Morgan fingerprint density at radius 2 is 2.07 bits per heavy atom. The summed E-state index contributed by atoms with van der Waals surface area (Å²) in [5.74, 6) is 1.89. The van der Waals surface area contributed by atoms with Gasteiger partial charge < -0.3 is 20.3 Å². The number of aliphatic imine (C=N–C) groups is 1. The van der Waals surface area contributed by atoms with Gasteiger partial charge in [-0.05, 0) is 35.7 Å². The third-order valence-corrected chi connectivity index (χ3v) is 5.22. The van der Waals surface area contributed by atoms with Crippen LogP contribution >= 0.6 is 24.0 Å². The number of para-hydroxylation sites is 1. The highest BCUT2D eigenvalue weighted by Gasteiger charge is 2.31. The van der Waals surface area contributed by atoms with Crippen LogP contribution in [0.25, 0.3) is 0 Å². The van der Waals surface area contributed by atoms with Crippen LogP contribution in [0.5, 0.6) is 5.75 Å². The molecule has 4 rings (SSSR count). The number of halogens is 1. The molecule has 1 saturated heterocycles. The molecule has 1 atom stereocenters. The van der Waals surface area contributed by atoms with Gasteiger partial charge in [0.05, 0.1) is 12.6 Å². The van der Waals surface area contributed by atoms with E-state index in [1.165, 1.54) is 11.1 Å². The first-order valence-electron chi connectivity index (χ1n) is 9.80. The van der Waals surface area contributed by atoms with Crippen molar-refractivity contribution in [3.8, 4) is 5.75 Å². The van der Waals surface area contributed by atoms with E-state index < -0.39 is 0 Å². The SMILES string of the molecule is CN=C(NCCc1ccc2c(c1)CCO2)NC1CC(=O)N(c2ccccc2)C1.I. The Hall–Kier alpha value is -2.29. The molecule has 2 aliphatic rings. The average molecular weight is 506 g/mol. The van der Waals surface area contributed by atoms with Crippen LogP contribution in [-0.2, 0) is 17.6 Å². The van der Waals surface area contributed by atoms with Crippen LogP contribution < -0.4 is 20.3 Å². The molecule has 6 nitrogen and oxygen atoms in total. The lowest BCUT2D eigenvalue weighted by molar-refractivity contribution is -0.117. The van der Waals surface area contributed by atoms with Crippen LogP contribution in [0.15, 0.2) is 53.5 Å². The Bertz CT molecular complexity index is 872. The molecule has 7 heteroatoms. The largest absolute Gasteiger partial charge is 0.493 e. The summed E-state index contributed by atoms with van der Waals surface area (Å²) in [6, 6.07) is 16.3. The summed E-state index contributed by atoms with van der Waals surface area (Å²) in [5, 5.41) is 6.74. The molecule has 2 heterocycles. The molecule has 0 saturated carbocycles. The second-order valence-corrected chi connectivity index (χ2v) is 7.17.